The molecule has 2 aliphatic rings. The number of nitrogens with zero attached hydrogens (tertiary/aromatic N) is 1. The molecule has 0 bridgehead atoms. The Hall–Kier alpha value is -3.33. The molecule has 0 radical (unpaired) electrons. The topological polar surface area (TPSA) is 29.5 Å². The minimum Gasteiger partial charge on any atom is -0.497 e. The van der Waals surface area contributed by atoms with E-state index >= 15 is 0 Å². The Morgan fingerprint density at radius 1 is 0.806 bits per heavy atom. The molecule has 4 atom stereocenters. The van der Waals surface area contributed by atoms with Crippen molar-refractivity contribution in [3.8, 4) is 5.75 Å². The number of fused-ring (bicyclic) bond motifs is 1. The number of methoxy groups -OCH3 is 1. The lowest BCUT2D eigenvalue weighted by atomic mass is 9.66. The van der Waals surface area contributed by atoms with E-state index in [0.29, 0.717) is 6.54 Å². The molecule has 0 N–H and O–H groups in total. The van der Waals surface area contributed by atoms with Gasteiger partial charge in [-0.15, -0.1) is 0 Å². The normalized spacial score (nSPS) is 24.8. The predicted octanol–water partition coefficient (Wildman–Crippen LogP) is 5.41. The molecule has 1 aliphatic carbocycles. The maximum absolute atomic E-state index is 13.7. The molecule has 3 aromatic rings. The molecule has 5 rings (SSSR count). The van der Waals surface area contributed by atoms with Gasteiger partial charge in [-0.05, 0) is 28.8 Å². The Balaban J connectivity index is 1.46. The Morgan fingerprint density at radius 2 is 1.45 bits per heavy atom. The van der Waals surface area contributed by atoms with E-state index in [9.17, 15) is 4.79 Å². The monoisotopic (exact) mass is 409 g/mol. The van der Waals surface area contributed by atoms with E-state index in [0.717, 1.165) is 17.9 Å². The maximum atomic E-state index is 13.7. The van der Waals surface area contributed by atoms with E-state index in [-0.39, 0.29) is 29.6 Å². The highest BCUT2D eigenvalue weighted by atomic mass is 16.5. The number of carbonyl (C=O) groups excluding carboxylic acids is 1. The van der Waals surface area contributed by atoms with Crippen molar-refractivity contribution >= 4 is 5.91 Å². The summed E-state index contributed by atoms with van der Waals surface area (Å²) in [4.78, 5) is 15.7. The van der Waals surface area contributed by atoms with Crippen LogP contribution in [0.3, 0.4) is 0 Å². The van der Waals surface area contributed by atoms with Gasteiger partial charge in [0.05, 0.1) is 13.0 Å². The van der Waals surface area contributed by atoms with Crippen molar-refractivity contribution in [2.45, 2.75) is 18.4 Å². The molecular formula is C28H27NO2. The van der Waals surface area contributed by atoms with Crippen molar-refractivity contribution in [3.63, 3.8) is 0 Å². The first kappa shape index (κ1) is 19.6. The summed E-state index contributed by atoms with van der Waals surface area (Å²) in [5.41, 5.74) is 3.65. The molecule has 0 unspecified atom stereocenters. The third-order valence-electron chi connectivity index (χ3n) is 6.73. The van der Waals surface area contributed by atoms with E-state index in [1.807, 2.05) is 41.3 Å². The number of hydrogen-bond acceptors (Lipinski definition) is 2. The lowest BCUT2D eigenvalue weighted by Gasteiger charge is -2.35. The highest BCUT2D eigenvalue weighted by Gasteiger charge is 2.48. The van der Waals surface area contributed by atoms with Crippen LogP contribution in [0.4, 0.5) is 0 Å². The van der Waals surface area contributed by atoms with Gasteiger partial charge in [0.25, 0.3) is 0 Å². The van der Waals surface area contributed by atoms with Crippen molar-refractivity contribution in [1.29, 1.82) is 0 Å². The molecular weight excluding hydrogens is 382 g/mol. The van der Waals surface area contributed by atoms with E-state index in [4.69, 9.17) is 4.74 Å². The first-order valence-electron chi connectivity index (χ1n) is 10.9. The number of hydrogen-bond donors (Lipinski definition) is 0. The second-order valence-corrected chi connectivity index (χ2v) is 8.51. The SMILES string of the molecule is COc1ccc(CN2C[C@H]3C=C[C@@H](c4ccccc4)[C@@H](c4ccccc4)[C@@H]3C2=O)cc1. The van der Waals surface area contributed by atoms with Gasteiger partial charge < -0.3 is 9.64 Å². The Morgan fingerprint density at radius 3 is 2.10 bits per heavy atom. The third-order valence-corrected chi connectivity index (χ3v) is 6.73. The number of ether oxygens (including phenoxy) is 1. The third kappa shape index (κ3) is 3.76. The lowest BCUT2D eigenvalue weighted by molar-refractivity contribution is -0.132. The Bertz CT molecular complexity index is 1060. The van der Waals surface area contributed by atoms with Gasteiger partial charge >= 0.3 is 0 Å². The summed E-state index contributed by atoms with van der Waals surface area (Å²) in [6, 6.07) is 29.2. The van der Waals surface area contributed by atoms with Crippen molar-refractivity contribution in [2.24, 2.45) is 11.8 Å². The lowest BCUT2D eigenvalue weighted by Crippen LogP contribution is -2.33. The second kappa shape index (κ2) is 8.43. The average molecular weight is 410 g/mol. The molecule has 1 amide bonds. The molecule has 1 heterocycles. The summed E-state index contributed by atoms with van der Waals surface area (Å²) in [5.74, 6) is 1.66. The zero-order valence-electron chi connectivity index (χ0n) is 17.7. The van der Waals surface area contributed by atoms with E-state index in [1.165, 1.54) is 11.1 Å². The summed E-state index contributed by atoms with van der Waals surface area (Å²) in [6.07, 6.45) is 4.62. The van der Waals surface area contributed by atoms with Crippen LogP contribution >= 0.6 is 0 Å². The Labute approximate surface area is 184 Å². The van der Waals surface area contributed by atoms with Crippen LogP contribution in [0.15, 0.2) is 97.1 Å². The predicted molar refractivity (Wildman–Crippen MR) is 123 cm³/mol. The molecule has 1 saturated heterocycles. The van der Waals surface area contributed by atoms with Crippen LogP contribution < -0.4 is 4.74 Å². The zero-order chi connectivity index (χ0) is 21.2. The minimum atomic E-state index is -0.0316. The molecule has 1 fully saturated rings. The van der Waals surface area contributed by atoms with E-state index < -0.39 is 0 Å². The summed E-state index contributed by atoms with van der Waals surface area (Å²) < 4.78 is 5.26. The Kier molecular flexibility index (Phi) is 5.33. The smallest absolute Gasteiger partial charge is 0.227 e. The van der Waals surface area contributed by atoms with Crippen LogP contribution in [-0.2, 0) is 11.3 Å². The minimum absolute atomic E-state index is 0.0316. The second-order valence-electron chi connectivity index (χ2n) is 8.51. The zero-order valence-corrected chi connectivity index (χ0v) is 17.7. The van der Waals surface area contributed by atoms with E-state index in [2.05, 4.69) is 60.7 Å². The number of amides is 1. The van der Waals surface area contributed by atoms with Gasteiger partial charge in [0.15, 0.2) is 0 Å². The fraction of sp³-hybridized carbons (Fsp3) is 0.250. The molecule has 0 saturated carbocycles. The molecule has 3 aromatic carbocycles. The number of carbonyl (C=O) groups is 1. The molecule has 156 valence electrons. The first-order chi connectivity index (χ1) is 15.2. The molecule has 0 spiro atoms. The van der Waals surface area contributed by atoms with Gasteiger partial charge in [0.1, 0.15) is 5.75 Å². The van der Waals surface area contributed by atoms with Crippen molar-refractivity contribution in [3.05, 3.63) is 114 Å². The van der Waals surface area contributed by atoms with Crippen molar-refractivity contribution < 1.29 is 9.53 Å². The van der Waals surface area contributed by atoms with Gasteiger partial charge in [-0.3, -0.25) is 4.79 Å². The number of benzene rings is 3. The van der Waals surface area contributed by atoms with Gasteiger partial charge in [-0.2, -0.15) is 0 Å². The van der Waals surface area contributed by atoms with Crippen molar-refractivity contribution in [2.75, 3.05) is 13.7 Å². The highest BCUT2D eigenvalue weighted by molar-refractivity contribution is 5.83. The molecule has 3 nitrogen and oxygen atoms in total. The number of allylic oxidation sites excluding steroid dienone is 1. The summed E-state index contributed by atoms with van der Waals surface area (Å²) in [7, 11) is 1.67. The fourth-order valence-electron chi connectivity index (χ4n) is 5.24. The quantitative estimate of drug-likeness (QED) is 0.528. The number of likely N-dealkylation sites (tertiary alicyclic amines) is 1. The van der Waals surface area contributed by atoms with Crippen LogP contribution in [0.5, 0.6) is 5.75 Å². The fourth-order valence-corrected chi connectivity index (χ4v) is 5.24. The van der Waals surface area contributed by atoms with Gasteiger partial charge in [-0.1, -0.05) is 84.9 Å². The van der Waals surface area contributed by atoms with Crippen molar-refractivity contribution in [1.82, 2.24) is 4.90 Å². The van der Waals surface area contributed by atoms with Crippen LogP contribution in [0.25, 0.3) is 0 Å². The van der Waals surface area contributed by atoms with E-state index in [1.54, 1.807) is 7.11 Å². The molecule has 1 aliphatic heterocycles. The van der Waals surface area contributed by atoms with Gasteiger partial charge in [0, 0.05) is 30.8 Å². The maximum Gasteiger partial charge on any atom is 0.227 e. The first-order valence-corrected chi connectivity index (χ1v) is 10.9. The molecule has 3 heteroatoms. The van der Waals surface area contributed by atoms with Crippen LogP contribution in [-0.4, -0.2) is 24.5 Å². The van der Waals surface area contributed by atoms with Gasteiger partial charge in [0.2, 0.25) is 5.91 Å². The van der Waals surface area contributed by atoms with Crippen LogP contribution in [0, 0.1) is 11.8 Å². The van der Waals surface area contributed by atoms with Crippen LogP contribution in [0.2, 0.25) is 0 Å². The van der Waals surface area contributed by atoms with Gasteiger partial charge in [-0.25, -0.2) is 0 Å². The van der Waals surface area contributed by atoms with Crippen LogP contribution in [0.1, 0.15) is 28.5 Å². The molecule has 31 heavy (non-hydrogen) atoms. The summed E-state index contributed by atoms with van der Waals surface area (Å²) in [6.45, 7) is 1.41. The average Bonchev–Trinajstić information content (AvgIpc) is 3.15. The summed E-state index contributed by atoms with van der Waals surface area (Å²) in [5, 5.41) is 0. The standard InChI is InChI=1S/C28H27NO2/c1-31-24-15-12-20(13-16-24)18-29-19-23-14-17-25(21-8-4-2-5-9-21)26(27(23)28(29)30)22-10-6-3-7-11-22/h2-17,23,25-27H,18-19H2,1H3/t23-,25+,26-,27-/m1/s1. The molecule has 0 aromatic heterocycles. The number of rotatable bonds is 5. The largest absolute Gasteiger partial charge is 0.497 e. The summed E-state index contributed by atoms with van der Waals surface area (Å²) >= 11 is 0. The highest BCUT2D eigenvalue weighted by Crippen LogP contribution is 2.49.